The molecule has 0 aromatic carbocycles. The van der Waals surface area contributed by atoms with E-state index in [1.54, 1.807) is 0 Å². The molecule has 22 heavy (non-hydrogen) atoms. The van der Waals surface area contributed by atoms with Crippen molar-refractivity contribution in [1.82, 2.24) is 10.2 Å². The first-order valence-electron chi connectivity index (χ1n) is 8.92. The van der Waals surface area contributed by atoms with Crippen LogP contribution in [-0.4, -0.2) is 35.5 Å². The highest BCUT2D eigenvalue weighted by atomic mass is 16.2. The fraction of sp³-hybridized carbons (Fsp3) is 0.889. The minimum atomic E-state index is -0.594. The summed E-state index contributed by atoms with van der Waals surface area (Å²) in [5.41, 5.74) is -0.594. The van der Waals surface area contributed by atoms with Gasteiger partial charge in [-0.2, -0.15) is 5.26 Å². The molecule has 0 spiro atoms. The molecule has 1 amide bonds. The Hall–Kier alpha value is -1.08. The van der Waals surface area contributed by atoms with E-state index in [1.165, 1.54) is 19.3 Å². The third kappa shape index (κ3) is 4.23. The first kappa shape index (κ1) is 17.3. The fourth-order valence-corrected chi connectivity index (χ4v) is 4.02. The minimum absolute atomic E-state index is 0.0312. The normalized spacial score (nSPS) is 29.0. The summed E-state index contributed by atoms with van der Waals surface area (Å²) in [5, 5.41) is 12.5. The topological polar surface area (TPSA) is 56.1 Å². The third-order valence-electron chi connectivity index (χ3n) is 5.50. The second-order valence-corrected chi connectivity index (χ2v) is 7.70. The average Bonchev–Trinajstić information content (AvgIpc) is 2.85. The maximum atomic E-state index is 12.5. The lowest BCUT2D eigenvalue weighted by Gasteiger charge is -2.33. The Morgan fingerprint density at radius 1 is 1.32 bits per heavy atom. The Balaban J connectivity index is 1.97. The third-order valence-corrected chi connectivity index (χ3v) is 5.50. The van der Waals surface area contributed by atoms with Crippen molar-refractivity contribution in [2.75, 3.05) is 13.1 Å². The van der Waals surface area contributed by atoms with E-state index in [2.05, 4.69) is 37.1 Å². The van der Waals surface area contributed by atoms with Gasteiger partial charge in [-0.3, -0.25) is 9.69 Å². The molecule has 0 aromatic rings. The first-order chi connectivity index (χ1) is 10.5. The van der Waals surface area contributed by atoms with Crippen molar-refractivity contribution in [2.45, 2.75) is 77.3 Å². The Bertz CT molecular complexity index is 421. The number of likely N-dealkylation sites (tertiary alicyclic amines) is 1. The Kier molecular flexibility index (Phi) is 5.86. The predicted octanol–water partition coefficient (Wildman–Crippen LogP) is 3.09. The van der Waals surface area contributed by atoms with E-state index >= 15 is 0 Å². The second-order valence-electron chi connectivity index (χ2n) is 7.70. The van der Waals surface area contributed by atoms with Crippen LogP contribution in [0.25, 0.3) is 0 Å². The summed E-state index contributed by atoms with van der Waals surface area (Å²) in [7, 11) is 0. The number of nitrogens with one attached hydrogen (secondary N) is 1. The lowest BCUT2D eigenvalue weighted by Crippen LogP contribution is -2.51. The summed E-state index contributed by atoms with van der Waals surface area (Å²) in [6.45, 7) is 8.25. The molecule has 0 bridgehead atoms. The number of amides is 1. The summed E-state index contributed by atoms with van der Waals surface area (Å²) in [6.07, 6.45) is 7.30. The number of carbonyl (C=O) groups excluding carboxylic acids is 1. The van der Waals surface area contributed by atoms with E-state index < -0.39 is 5.54 Å². The van der Waals surface area contributed by atoms with E-state index in [1.807, 2.05) is 0 Å². The number of rotatable bonds is 4. The van der Waals surface area contributed by atoms with Gasteiger partial charge in [0.2, 0.25) is 5.91 Å². The maximum absolute atomic E-state index is 12.5. The van der Waals surface area contributed by atoms with E-state index in [0.29, 0.717) is 18.5 Å². The molecule has 2 atom stereocenters. The number of hydrogen-bond acceptors (Lipinski definition) is 3. The van der Waals surface area contributed by atoms with Crippen LogP contribution in [0, 0.1) is 23.2 Å². The van der Waals surface area contributed by atoms with E-state index in [-0.39, 0.29) is 5.91 Å². The molecule has 2 aliphatic rings. The Labute approximate surface area is 135 Å². The molecule has 1 aliphatic carbocycles. The molecule has 1 saturated carbocycles. The molecular weight excluding hydrogens is 274 g/mol. The smallest absolute Gasteiger partial charge is 0.235 e. The summed E-state index contributed by atoms with van der Waals surface area (Å²) in [5.74, 6) is 1.34. The zero-order valence-corrected chi connectivity index (χ0v) is 14.4. The Morgan fingerprint density at radius 2 is 2.00 bits per heavy atom. The van der Waals surface area contributed by atoms with Crippen molar-refractivity contribution in [3.63, 3.8) is 0 Å². The van der Waals surface area contributed by atoms with Crippen molar-refractivity contribution in [2.24, 2.45) is 11.8 Å². The van der Waals surface area contributed by atoms with Crippen molar-refractivity contribution < 1.29 is 4.79 Å². The summed E-state index contributed by atoms with van der Waals surface area (Å²) >= 11 is 0. The molecule has 1 heterocycles. The molecule has 1 aliphatic heterocycles. The van der Waals surface area contributed by atoms with Gasteiger partial charge in [0.25, 0.3) is 0 Å². The van der Waals surface area contributed by atoms with Crippen LogP contribution in [0.4, 0.5) is 0 Å². The standard InChI is InChI=1S/C18H31N3O/c1-14(2)16-7-6-15(3)8-11-21(16)12-17(22)20-18(13-19)9-4-5-10-18/h14-16H,4-12H2,1-3H3,(H,20,22). The highest BCUT2D eigenvalue weighted by molar-refractivity contribution is 5.79. The summed E-state index contributed by atoms with van der Waals surface area (Å²) in [6, 6.07) is 2.83. The quantitative estimate of drug-likeness (QED) is 0.868. The highest BCUT2D eigenvalue weighted by Crippen LogP contribution is 2.29. The Morgan fingerprint density at radius 3 is 2.59 bits per heavy atom. The number of nitrogens with zero attached hydrogens (tertiary/aromatic N) is 2. The zero-order valence-electron chi connectivity index (χ0n) is 14.4. The van der Waals surface area contributed by atoms with Crippen LogP contribution < -0.4 is 5.32 Å². The second kappa shape index (κ2) is 7.46. The predicted molar refractivity (Wildman–Crippen MR) is 88.2 cm³/mol. The van der Waals surface area contributed by atoms with Crippen LogP contribution in [0.5, 0.6) is 0 Å². The molecule has 2 unspecified atom stereocenters. The van der Waals surface area contributed by atoms with Crippen LogP contribution in [0.2, 0.25) is 0 Å². The summed E-state index contributed by atoms with van der Waals surface area (Å²) < 4.78 is 0. The van der Waals surface area contributed by atoms with Crippen molar-refractivity contribution in [3.8, 4) is 6.07 Å². The van der Waals surface area contributed by atoms with E-state index in [4.69, 9.17) is 0 Å². The van der Waals surface area contributed by atoms with E-state index in [9.17, 15) is 10.1 Å². The van der Waals surface area contributed by atoms with Crippen LogP contribution in [0.1, 0.15) is 65.7 Å². The average molecular weight is 305 g/mol. The van der Waals surface area contributed by atoms with Crippen LogP contribution in [-0.2, 0) is 4.79 Å². The molecule has 4 nitrogen and oxygen atoms in total. The molecule has 4 heteroatoms. The van der Waals surface area contributed by atoms with Gasteiger partial charge in [0.15, 0.2) is 0 Å². The van der Waals surface area contributed by atoms with Gasteiger partial charge < -0.3 is 5.32 Å². The van der Waals surface area contributed by atoms with Gasteiger partial charge in [-0.05, 0) is 63.3 Å². The van der Waals surface area contributed by atoms with Gasteiger partial charge in [-0.1, -0.05) is 20.8 Å². The van der Waals surface area contributed by atoms with E-state index in [0.717, 1.165) is 38.1 Å². The lowest BCUT2D eigenvalue weighted by atomic mass is 9.95. The SMILES string of the molecule is CC1CCC(C(C)C)N(CC(=O)NC2(C#N)CCCC2)CC1. The van der Waals surface area contributed by atoms with Gasteiger partial charge in [-0.15, -0.1) is 0 Å². The molecule has 2 rings (SSSR count). The van der Waals surface area contributed by atoms with Crippen LogP contribution >= 0.6 is 0 Å². The molecule has 0 radical (unpaired) electrons. The minimum Gasteiger partial charge on any atom is -0.337 e. The highest BCUT2D eigenvalue weighted by Gasteiger charge is 2.36. The lowest BCUT2D eigenvalue weighted by molar-refractivity contribution is -0.124. The van der Waals surface area contributed by atoms with Crippen LogP contribution in [0.3, 0.4) is 0 Å². The number of carbonyl (C=O) groups is 1. The van der Waals surface area contributed by atoms with Gasteiger partial charge in [-0.25, -0.2) is 0 Å². The molecule has 1 N–H and O–H groups in total. The van der Waals surface area contributed by atoms with Crippen molar-refractivity contribution >= 4 is 5.91 Å². The zero-order chi connectivity index (χ0) is 16.2. The summed E-state index contributed by atoms with van der Waals surface area (Å²) in [4.78, 5) is 14.8. The maximum Gasteiger partial charge on any atom is 0.235 e. The molecule has 2 fully saturated rings. The molecular formula is C18H31N3O. The largest absolute Gasteiger partial charge is 0.337 e. The number of hydrogen-bond donors (Lipinski definition) is 1. The number of nitriles is 1. The van der Waals surface area contributed by atoms with Crippen molar-refractivity contribution in [3.05, 3.63) is 0 Å². The van der Waals surface area contributed by atoms with Gasteiger partial charge in [0, 0.05) is 6.04 Å². The monoisotopic (exact) mass is 305 g/mol. The molecule has 124 valence electrons. The van der Waals surface area contributed by atoms with Gasteiger partial charge >= 0.3 is 0 Å². The molecule has 0 aromatic heterocycles. The fourth-order valence-electron chi connectivity index (χ4n) is 4.02. The van der Waals surface area contributed by atoms with Gasteiger partial charge in [0.05, 0.1) is 12.6 Å². The molecule has 1 saturated heterocycles. The van der Waals surface area contributed by atoms with Crippen LogP contribution in [0.15, 0.2) is 0 Å². The van der Waals surface area contributed by atoms with Crippen molar-refractivity contribution in [1.29, 1.82) is 5.26 Å². The van der Waals surface area contributed by atoms with Gasteiger partial charge in [0.1, 0.15) is 5.54 Å². The first-order valence-corrected chi connectivity index (χ1v) is 8.92.